The molecule has 0 aromatic rings. The van der Waals surface area contributed by atoms with Crippen molar-refractivity contribution in [1.82, 2.24) is 10.6 Å². The van der Waals surface area contributed by atoms with Crippen molar-refractivity contribution in [2.45, 2.75) is 58.2 Å². The zero-order valence-electron chi connectivity index (χ0n) is 14.0. The van der Waals surface area contributed by atoms with Crippen molar-refractivity contribution < 1.29 is 9.47 Å². The maximum atomic E-state index is 5.78. The Morgan fingerprint density at radius 3 is 2.33 bits per heavy atom. The van der Waals surface area contributed by atoms with Crippen molar-refractivity contribution in [2.75, 3.05) is 39.4 Å². The lowest BCUT2D eigenvalue weighted by atomic mass is 9.83. The summed E-state index contributed by atoms with van der Waals surface area (Å²) in [7, 11) is 0. The van der Waals surface area contributed by atoms with Gasteiger partial charge in [-0.25, -0.2) is 0 Å². The van der Waals surface area contributed by atoms with E-state index in [0.717, 1.165) is 64.1 Å². The van der Waals surface area contributed by atoms with Crippen molar-refractivity contribution in [3.63, 3.8) is 0 Å². The van der Waals surface area contributed by atoms with Crippen LogP contribution < -0.4 is 10.6 Å². The second-order valence-corrected chi connectivity index (χ2v) is 7.04. The molecule has 4 nitrogen and oxygen atoms in total. The third-order valence-electron chi connectivity index (χ3n) is 4.67. The van der Waals surface area contributed by atoms with Crippen molar-refractivity contribution in [3.8, 4) is 0 Å². The van der Waals surface area contributed by atoms with Crippen molar-refractivity contribution >= 4 is 0 Å². The van der Waals surface area contributed by atoms with Gasteiger partial charge in [0.05, 0.1) is 13.2 Å². The molecule has 0 amide bonds. The fourth-order valence-electron chi connectivity index (χ4n) is 3.35. The summed E-state index contributed by atoms with van der Waals surface area (Å²) >= 11 is 0. The number of hydrogen-bond acceptors (Lipinski definition) is 4. The maximum Gasteiger partial charge on any atom is 0.168 e. The highest BCUT2D eigenvalue weighted by molar-refractivity contribution is 4.82. The van der Waals surface area contributed by atoms with E-state index in [2.05, 4.69) is 24.5 Å². The van der Waals surface area contributed by atoms with E-state index in [1.165, 1.54) is 25.7 Å². The molecule has 0 aromatic carbocycles. The molecule has 1 aliphatic carbocycles. The van der Waals surface area contributed by atoms with Gasteiger partial charge in [0.15, 0.2) is 5.79 Å². The summed E-state index contributed by atoms with van der Waals surface area (Å²) in [6.45, 7) is 10.6. The maximum absolute atomic E-state index is 5.78. The molecule has 0 bridgehead atoms. The first-order valence-electron chi connectivity index (χ1n) is 8.89. The second-order valence-electron chi connectivity index (χ2n) is 7.04. The Labute approximate surface area is 130 Å². The highest BCUT2D eigenvalue weighted by Crippen LogP contribution is 2.39. The molecule has 1 heterocycles. The molecular formula is C17H34N2O2. The van der Waals surface area contributed by atoms with Crippen LogP contribution in [0.3, 0.4) is 0 Å². The number of nitrogens with one attached hydrogen (secondary N) is 2. The van der Waals surface area contributed by atoms with E-state index in [-0.39, 0.29) is 5.79 Å². The summed E-state index contributed by atoms with van der Waals surface area (Å²) in [6.07, 6.45) is 7.24. The third-order valence-corrected chi connectivity index (χ3v) is 4.67. The quantitative estimate of drug-likeness (QED) is 0.642. The monoisotopic (exact) mass is 298 g/mol. The zero-order chi connectivity index (χ0) is 15.0. The van der Waals surface area contributed by atoms with Crippen LogP contribution in [0, 0.1) is 11.8 Å². The molecule has 0 aromatic heterocycles. The van der Waals surface area contributed by atoms with Crippen LogP contribution in [-0.2, 0) is 9.47 Å². The van der Waals surface area contributed by atoms with Gasteiger partial charge >= 0.3 is 0 Å². The highest BCUT2D eigenvalue weighted by atomic mass is 16.7. The fraction of sp³-hybridized carbons (Fsp3) is 1.00. The van der Waals surface area contributed by atoms with Crippen LogP contribution >= 0.6 is 0 Å². The third kappa shape index (κ3) is 6.23. The Hall–Kier alpha value is -0.160. The van der Waals surface area contributed by atoms with Crippen LogP contribution in [0.4, 0.5) is 0 Å². The van der Waals surface area contributed by atoms with Gasteiger partial charge in [-0.05, 0) is 63.7 Å². The average molecular weight is 298 g/mol. The summed E-state index contributed by atoms with van der Waals surface area (Å²) in [4.78, 5) is 0. The summed E-state index contributed by atoms with van der Waals surface area (Å²) in [5, 5.41) is 7.06. The number of hydrogen-bond donors (Lipinski definition) is 2. The smallest absolute Gasteiger partial charge is 0.168 e. The Morgan fingerprint density at radius 2 is 1.67 bits per heavy atom. The standard InChI is InChI=1S/C17H34N2O2/c1-15(2)14-19-10-3-9-18-11-6-16-4-7-17(8-5-16)20-12-13-21-17/h15-16,18-19H,3-14H2,1-2H3. The van der Waals surface area contributed by atoms with E-state index in [4.69, 9.17) is 9.47 Å². The Kier molecular flexibility index (Phi) is 7.44. The molecule has 21 heavy (non-hydrogen) atoms. The normalized spacial score (nSPS) is 22.4. The van der Waals surface area contributed by atoms with Gasteiger partial charge in [0, 0.05) is 12.8 Å². The predicted molar refractivity (Wildman–Crippen MR) is 86.4 cm³/mol. The molecule has 4 heteroatoms. The minimum atomic E-state index is -0.188. The van der Waals surface area contributed by atoms with Gasteiger partial charge in [-0.2, -0.15) is 0 Å². The largest absolute Gasteiger partial charge is 0.348 e. The van der Waals surface area contributed by atoms with Crippen molar-refractivity contribution in [2.24, 2.45) is 11.8 Å². The van der Waals surface area contributed by atoms with Gasteiger partial charge in [0.2, 0.25) is 0 Å². The topological polar surface area (TPSA) is 42.5 Å². The van der Waals surface area contributed by atoms with E-state index in [0.29, 0.717) is 0 Å². The molecule has 1 spiro atoms. The van der Waals surface area contributed by atoms with Crippen molar-refractivity contribution in [3.05, 3.63) is 0 Å². The Morgan fingerprint density at radius 1 is 1.00 bits per heavy atom. The van der Waals surface area contributed by atoms with Crippen LogP contribution in [-0.4, -0.2) is 45.2 Å². The summed E-state index contributed by atoms with van der Waals surface area (Å²) < 4.78 is 11.6. The summed E-state index contributed by atoms with van der Waals surface area (Å²) in [5.41, 5.74) is 0. The zero-order valence-corrected chi connectivity index (χ0v) is 14.0. The van der Waals surface area contributed by atoms with E-state index in [1.807, 2.05) is 0 Å². The van der Waals surface area contributed by atoms with Gasteiger partial charge in [0.1, 0.15) is 0 Å². The second kappa shape index (κ2) is 9.09. The molecule has 124 valence electrons. The lowest BCUT2D eigenvalue weighted by Gasteiger charge is -2.35. The minimum Gasteiger partial charge on any atom is -0.348 e. The van der Waals surface area contributed by atoms with Gasteiger partial charge in [0.25, 0.3) is 0 Å². The van der Waals surface area contributed by atoms with Gasteiger partial charge < -0.3 is 20.1 Å². The number of ether oxygens (including phenoxy) is 2. The first-order valence-corrected chi connectivity index (χ1v) is 8.89. The van der Waals surface area contributed by atoms with Crippen molar-refractivity contribution in [1.29, 1.82) is 0 Å². The van der Waals surface area contributed by atoms with Gasteiger partial charge in [-0.3, -0.25) is 0 Å². The Bertz CT molecular complexity index is 268. The van der Waals surface area contributed by atoms with E-state index < -0.39 is 0 Å². The van der Waals surface area contributed by atoms with Crippen LogP contribution in [0.15, 0.2) is 0 Å². The average Bonchev–Trinajstić information content (AvgIpc) is 2.92. The molecule has 1 saturated carbocycles. The molecule has 0 atom stereocenters. The van der Waals surface area contributed by atoms with E-state index in [9.17, 15) is 0 Å². The molecule has 2 aliphatic rings. The molecule has 2 fully saturated rings. The molecule has 0 radical (unpaired) electrons. The SMILES string of the molecule is CC(C)CNCCCNCCC1CCC2(CC1)OCCO2. The van der Waals surface area contributed by atoms with Gasteiger partial charge in [-0.15, -0.1) is 0 Å². The molecule has 1 saturated heterocycles. The molecule has 1 aliphatic heterocycles. The molecule has 2 N–H and O–H groups in total. The van der Waals surface area contributed by atoms with Gasteiger partial charge in [-0.1, -0.05) is 13.8 Å². The van der Waals surface area contributed by atoms with E-state index >= 15 is 0 Å². The predicted octanol–water partition coefficient (Wildman–Crippen LogP) is 2.54. The van der Waals surface area contributed by atoms with Crippen LogP contribution in [0.25, 0.3) is 0 Å². The van der Waals surface area contributed by atoms with Crippen LogP contribution in [0.2, 0.25) is 0 Å². The first-order chi connectivity index (χ1) is 10.2. The summed E-state index contributed by atoms with van der Waals surface area (Å²) in [6, 6.07) is 0. The van der Waals surface area contributed by atoms with E-state index in [1.54, 1.807) is 0 Å². The fourth-order valence-corrected chi connectivity index (χ4v) is 3.35. The Balaban J connectivity index is 1.42. The molecule has 2 rings (SSSR count). The first kappa shape index (κ1) is 17.2. The molecular weight excluding hydrogens is 264 g/mol. The summed E-state index contributed by atoms with van der Waals surface area (Å²) in [5.74, 6) is 1.42. The van der Waals surface area contributed by atoms with Crippen LogP contribution in [0.1, 0.15) is 52.4 Å². The van der Waals surface area contributed by atoms with Crippen LogP contribution in [0.5, 0.6) is 0 Å². The highest BCUT2D eigenvalue weighted by Gasteiger charge is 2.39. The number of rotatable bonds is 9. The lowest BCUT2D eigenvalue weighted by molar-refractivity contribution is -0.182. The molecule has 0 unspecified atom stereocenters. The minimum absolute atomic E-state index is 0.188. The lowest BCUT2D eigenvalue weighted by Crippen LogP contribution is -2.35.